The van der Waals surface area contributed by atoms with Crippen LogP contribution in [-0.2, 0) is 13.2 Å². The van der Waals surface area contributed by atoms with Crippen LogP contribution in [0.5, 0.6) is 17.2 Å². The lowest BCUT2D eigenvalue weighted by molar-refractivity contribution is 0.0919. The summed E-state index contributed by atoms with van der Waals surface area (Å²) in [6.45, 7) is 7.11. The van der Waals surface area contributed by atoms with Gasteiger partial charge in [0.2, 0.25) is 0 Å². The molecule has 3 aromatic rings. The van der Waals surface area contributed by atoms with Gasteiger partial charge in [-0.3, -0.25) is 4.79 Å². The molecule has 2 aromatic carbocycles. The minimum atomic E-state index is -0.291. The van der Waals surface area contributed by atoms with Crippen molar-refractivity contribution in [3.63, 3.8) is 0 Å². The summed E-state index contributed by atoms with van der Waals surface area (Å²) in [5, 5.41) is 2.85. The van der Waals surface area contributed by atoms with E-state index < -0.39 is 0 Å². The Labute approximate surface area is 176 Å². The molecule has 0 aliphatic carbocycles. The van der Waals surface area contributed by atoms with Crippen LogP contribution in [0.25, 0.3) is 0 Å². The van der Waals surface area contributed by atoms with Gasteiger partial charge in [-0.2, -0.15) is 0 Å². The third-order valence-electron chi connectivity index (χ3n) is 4.57. The number of nitrogens with one attached hydrogen (secondary N) is 1. The first-order chi connectivity index (χ1) is 14.5. The van der Waals surface area contributed by atoms with Crippen molar-refractivity contribution < 1.29 is 23.4 Å². The number of benzene rings is 2. The molecular weight excluding hydrogens is 382 g/mol. The van der Waals surface area contributed by atoms with Crippen LogP contribution in [0.4, 0.5) is 0 Å². The maximum atomic E-state index is 12.4. The van der Waals surface area contributed by atoms with Gasteiger partial charge in [-0.1, -0.05) is 23.8 Å². The molecule has 0 saturated heterocycles. The third-order valence-corrected chi connectivity index (χ3v) is 4.57. The van der Waals surface area contributed by atoms with E-state index in [2.05, 4.69) is 11.4 Å². The average molecular weight is 409 g/mol. The van der Waals surface area contributed by atoms with Gasteiger partial charge < -0.3 is 23.9 Å². The highest BCUT2D eigenvalue weighted by atomic mass is 16.5. The number of rotatable bonds is 9. The molecule has 0 spiro atoms. The van der Waals surface area contributed by atoms with Crippen LogP contribution in [0.15, 0.2) is 52.9 Å². The van der Waals surface area contributed by atoms with Crippen molar-refractivity contribution in [3.8, 4) is 17.2 Å². The molecule has 1 N–H and O–H groups in total. The minimum absolute atomic E-state index is 0.243. The first kappa shape index (κ1) is 21.3. The second-order valence-electron chi connectivity index (χ2n) is 6.92. The maximum absolute atomic E-state index is 12.4. The number of carbonyl (C=O) groups is 1. The molecular formula is C24H27NO5. The Kier molecular flexibility index (Phi) is 7.01. The van der Waals surface area contributed by atoms with Gasteiger partial charge in [0.05, 0.1) is 13.7 Å². The van der Waals surface area contributed by atoms with Gasteiger partial charge in [-0.15, -0.1) is 0 Å². The molecule has 0 aliphatic rings. The summed E-state index contributed by atoms with van der Waals surface area (Å²) in [6, 6.07) is 15.0. The Hall–Kier alpha value is -3.41. The monoisotopic (exact) mass is 409 g/mol. The molecule has 1 aromatic heterocycles. The molecule has 6 heteroatoms. The van der Waals surface area contributed by atoms with E-state index >= 15 is 0 Å². The zero-order valence-electron chi connectivity index (χ0n) is 17.8. The van der Waals surface area contributed by atoms with Gasteiger partial charge in [-0.05, 0) is 62.2 Å². The normalized spacial score (nSPS) is 10.5. The van der Waals surface area contributed by atoms with Crippen molar-refractivity contribution in [1.29, 1.82) is 0 Å². The molecule has 0 saturated carbocycles. The minimum Gasteiger partial charge on any atom is -0.493 e. The molecule has 1 amide bonds. The fourth-order valence-corrected chi connectivity index (χ4v) is 3.05. The lowest BCUT2D eigenvalue weighted by atomic mass is 10.1. The van der Waals surface area contributed by atoms with E-state index in [1.54, 1.807) is 19.2 Å². The van der Waals surface area contributed by atoms with E-state index in [1.165, 1.54) is 5.56 Å². The average Bonchev–Trinajstić information content (AvgIpc) is 3.21. The highest BCUT2D eigenvalue weighted by Crippen LogP contribution is 2.28. The lowest BCUT2D eigenvalue weighted by Gasteiger charge is -2.11. The second kappa shape index (κ2) is 9.87. The van der Waals surface area contributed by atoms with Crippen molar-refractivity contribution >= 4 is 5.91 Å². The topological polar surface area (TPSA) is 69.9 Å². The smallest absolute Gasteiger partial charge is 0.287 e. The van der Waals surface area contributed by atoms with Gasteiger partial charge >= 0.3 is 0 Å². The molecule has 0 fully saturated rings. The SMILES string of the molecule is CCOc1ccc(CNC(=O)c2ccc(COc3ccc(C)cc3C)o2)cc1OC. The van der Waals surface area contributed by atoms with Crippen molar-refractivity contribution in [2.45, 2.75) is 33.9 Å². The van der Waals surface area contributed by atoms with E-state index in [0.717, 1.165) is 16.9 Å². The van der Waals surface area contributed by atoms with E-state index in [9.17, 15) is 4.79 Å². The standard InChI is InChI=1S/C24H27NO5/c1-5-28-21-10-7-18(13-23(21)27-4)14-25-24(26)22-11-8-19(30-22)15-29-20-9-6-16(2)12-17(20)3/h6-13H,5,14-15H2,1-4H3,(H,25,26). The molecule has 30 heavy (non-hydrogen) atoms. The molecule has 0 unspecified atom stereocenters. The maximum Gasteiger partial charge on any atom is 0.287 e. The van der Waals surface area contributed by atoms with E-state index in [-0.39, 0.29) is 18.3 Å². The summed E-state index contributed by atoms with van der Waals surface area (Å²) < 4.78 is 22.3. The first-order valence-corrected chi connectivity index (χ1v) is 9.86. The summed E-state index contributed by atoms with van der Waals surface area (Å²) >= 11 is 0. The molecule has 0 aliphatic heterocycles. The Morgan fingerprint density at radius 3 is 2.50 bits per heavy atom. The van der Waals surface area contributed by atoms with Crippen LogP contribution in [-0.4, -0.2) is 19.6 Å². The van der Waals surface area contributed by atoms with Crippen molar-refractivity contribution in [3.05, 3.63) is 76.7 Å². The molecule has 1 heterocycles. The molecule has 6 nitrogen and oxygen atoms in total. The molecule has 0 radical (unpaired) electrons. The van der Waals surface area contributed by atoms with Gasteiger partial charge in [0.15, 0.2) is 17.3 Å². The molecule has 3 rings (SSSR count). The largest absolute Gasteiger partial charge is 0.493 e. The van der Waals surface area contributed by atoms with Crippen LogP contribution < -0.4 is 19.5 Å². The summed E-state index contributed by atoms with van der Waals surface area (Å²) in [7, 11) is 1.59. The number of carbonyl (C=O) groups excluding carboxylic acids is 1. The summed E-state index contributed by atoms with van der Waals surface area (Å²) in [5.74, 6) is 2.64. The summed E-state index contributed by atoms with van der Waals surface area (Å²) in [6.07, 6.45) is 0. The second-order valence-corrected chi connectivity index (χ2v) is 6.92. The van der Waals surface area contributed by atoms with Gasteiger partial charge in [0.25, 0.3) is 5.91 Å². The lowest BCUT2D eigenvalue weighted by Crippen LogP contribution is -2.22. The predicted octanol–water partition coefficient (Wildman–Crippen LogP) is 4.81. The fraction of sp³-hybridized carbons (Fsp3) is 0.292. The molecule has 158 valence electrons. The number of methoxy groups -OCH3 is 1. The number of hydrogen-bond donors (Lipinski definition) is 1. The Morgan fingerprint density at radius 2 is 1.77 bits per heavy atom. The van der Waals surface area contributed by atoms with Crippen LogP contribution in [0.1, 0.15) is 39.9 Å². The number of furan rings is 1. The number of hydrogen-bond acceptors (Lipinski definition) is 5. The van der Waals surface area contributed by atoms with Crippen molar-refractivity contribution in [1.82, 2.24) is 5.32 Å². The van der Waals surface area contributed by atoms with Gasteiger partial charge in [0.1, 0.15) is 18.1 Å². The van der Waals surface area contributed by atoms with E-state index in [1.807, 2.05) is 51.1 Å². The molecule has 0 bridgehead atoms. The number of aryl methyl sites for hydroxylation is 2. The summed E-state index contributed by atoms with van der Waals surface area (Å²) in [5.41, 5.74) is 3.14. The van der Waals surface area contributed by atoms with Crippen molar-refractivity contribution in [2.24, 2.45) is 0 Å². The van der Waals surface area contributed by atoms with Gasteiger partial charge in [0, 0.05) is 6.54 Å². The summed E-state index contributed by atoms with van der Waals surface area (Å²) in [4.78, 5) is 12.4. The van der Waals surface area contributed by atoms with Crippen molar-refractivity contribution in [2.75, 3.05) is 13.7 Å². The highest BCUT2D eigenvalue weighted by Gasteiger charge is 2.13. The zero-order chi connectivity index (χ0) is 21.5. The van der Waals surface area contributed by atoms with Crippen LogP contribution in [0.3, 0.4) is 0 Å². The van der Waals surface area contributed by atoms with Crippen LogP contribution in [0, 0.1) is 13.8 Å². The third kappa shape index (κ3) is 5.35. The first-order valence-electron chi connectivity index (χ1n) is 9.86. The Balaban J connectivity index is 1.56. The van der Waals surface area contributed by atoms with E-state index in [4.69, 9.17) is 18.6 Å². The molecule has 0 atom stereocenters. The fourth-order valence-electron chi connectivity index (χ4n) is 3.05. The number of amides is 1. The van der Waals surface area contributed by atoms with Crippen LogP contribution in [0.2, 0.25) is 0 Å². The quantitative estimate of drug-likeness (QED) is 0.549. The Bertz CT molecular complexity index is 1010. The zero-order valence-corrected chi connectivity index (χ0v) is 17.8. The van der Waals surface area contributed by atoms with Crippen LogP contribution >= 0.6 is 0 Å². The highest BCUT2D eigenvalue weighted by molar-refractivity contribution is 5.91. The Morgan fingerprint density at radius 1 is 0.967 bits per heavy atom. The number of ether oxygens (including phenoxy) is 3. The van der Waals surface area contributed by atoms with Gasteiger partial charge in [-0.25, -0.2) is 0 Å². The predicted molar refractivity (Wildman–Crippen MR) is 114 cm³/mol. The van der Waals surface area contributed by atoms with E-state index in [0.29, 0.717) is 30.4 Å².